The number of para-hydroxylation sites is 1. The van der Waals surface area contributed by atoms with Crippen molar-refractivity contribution in [2.75, 3.05) is 10.6 Å². The number of carbonyl (C=O) groups is 2. The van der Waals surface area contributed by atoms with Crippen LogP contribution in [0.1, 0.15) is 24.5 Å². The Morgan fingerprint density at radius 1 is 1.08 bits per heavy atom. The molecular formula is C20H21FN2O2. The summed E-state index contributed by atoms with van der Waals surface area (Å²) < 4.78 is 13.2. The lowest BCUT2D eigenvalue weighted by Crippen LogP contribution is -2.21. The van der Waals surface area contributed by atoms with Crippen molar-refractivity contribution in [3.05, 3.63) is 59.4 Å². The Morgan fingerprint density at radius 2 is 1.76 bits per heavy atom. The van der Waals surface area contributed by atoms with Gasteiger partial charge >= 0.3 is 0 Å². The molecule has 0 aliphatic heterocycles. The topological polar surface area (TPSA) is 58.2 Å². The molecule has 2 aromatic rings. The van der Waals surface area contributed by atoms with Crippen LogP contribution in [0.2, 0.25) is 0 Å². The van der Waals surface area contributed by atoms with E-state index in [0.717, 1.165) is 23.2 Å². The van der Waals surface area contributed by atoms with Crippen LogP contribution in [0.5, 0.6) is 0 Å². The number of hydrogen-bond donors (Lipinski definition) is 2. The van der Waals surface area contributed by atoms with Gasteiger partial charge < -0.3 is 10.6 Å². The van der Waals surface area contributed by atoms with Crippen LogP contribution >= 0.6 is 0 Å². The van der Waals surface area contributed by atoms with Crippen LogP contribution in [0, 0.1) is 24.6 Å². The second-order valence-corrected chi connectivity index (χ2v) is 6.40. The summed E-state index contributed by atoms with van der Waals surface area (Å²) in [7, 11) is 0. The van der Waals surface area contributed by atoms with Gasteiger partial charge in [-0.15, -0.1) is 0 Å². The van der Waals surface area contributed by atoms with Crippen LogP contribution in [-0.4, -0.2) is 11.8 Å². The predicted molar refractivity (Wildman–Crippen MR) is 95.8 cm³/mol. The zero-order chi connectivity index (χ0) is 18.0. The van der Waals surface area contributed by atoms with Crippen LogP contribution in [0.4, 0.5) is 15.8 Å². The monoisotopic (exact) mass is 340 g/mol. The Balaban J connectivity index is 1.62. The van der Waals surface area contributed by atoms with Crippen molar-refractivity contribution in [2.24, 2.45) is 11.8 Å². The summed E-state index contributed by atoms with van der Waals surface area (Å²) in [4.78, 5) is 24.7. The average molecular weight is 340 g/mol. The van der Waals surface area contributed by atoms with Gasteiger partial charge in [0.2, 0.25) is 11.8 Å². The number of nitrogens with one attached hydrogen (secondary N) is 2. The first kappa shape index (κ1) is 17.1. The van der Waals surface area contributed by atoms with Crippen molar-refractivity contribution < 1.29 is 14.0 Å². The molecule has 2 N–H and O–H groups in total. The van der Waals surface area contributed by atoms with E-state index in [9.17, 15) is 14.0 Å². The number of rotatable bonds is 5. The number of halogens is 1. The van der Waals surface area contributed by atoms with Crippen LogP contribution in [0.15, 0.2) is 42.5 Å². The minimum atomic E-state index is -0.408. The van der Waals surface area contributed by atoms with Gasteiger partial charge in [0.25, 0.3) is 0 Å². The maximum Gasteiger partial charge on any atom is 0.228 e. The largest absolute Gasteiger partial charge is 0.326 e. The first-order valence-electron chi connectivity index (χ1n) is 8.45. The summed E-state index contributed by atoms with van der Waals surface area (Å²) in [6.45, 7) is 3.99. The molecule has 2 amide bonds. The third-order valence-electron chi connectivity index (χ3n) is 4.54. The molecule has 0 aromatic heterocycles. The fourth-order valence-electron chi connectivity index (χ4n) is 2.99. The molecule has 4 nitrogen and oxygen atoms in total. The lowest BCUT2D eigenvalue weighted by atomic mass is 10.1. The highest BCUT2D eigenvalue weighted by Gasteiger charge is 2.48. The first-order valence-corrected chi connectivity index (χ1v) is 8.45. The predicted octanol–water partition coefficient (Wildman–Crippen LogP) is 3.91. The van der Waals surface area contributed by atoms with Gasteiger partial charge in [-0.1, -0.05) is 31.2 Å². The number of anilines is 2. The van der Waals surface area contributed by atoms with Crippen LogP contribution in [0.25, 0.3) is 0 Å². The molecule has 1 saturated carbocycles. The Morgan fingerprint density at radius 3 is 2.44 bits per heavy atom. The van der Waals surface area contributed by atoms with E-state index in [2.05, 4.69) is 10.6 Å². The summed E-state index contributed by atoms with van der Waals surface area (Å²) in [6.07, 6.45) is 1.34. The van der Waals surface area contributed by atoms with E-state index in [1.807, 2.05) is 32.0 Å². The molecular weight excluding hydrogens is 319 g/mol. The molecule has 0 bridgehead atoms. The minimum absolute atomic E-state index is 0.136. The second kappa shape index (κ2) is 7.05. The van der Waals surface area contributed by atoms with Crippen molar-refractivity contribution in [3.63, 3.8) is 0 Å². The quantitative estimate of drug-likeness (QED) is 0.867. The van der Waals surface area contributed by atoms with Crippen LogP contribution in [-0.2, 0) is 16.0 Å². The molecule has 0 spiro atoms. The van der Waals surface area contributed by atoms with Gasteiger partial charge in [-0.3, -0.25) is 9.59 Å². The maximum absolute atomic E-state index is 13.2. The Bertz CT molecular complexity index is 819. The lowest BCUT2D eigenvalue weighted by molar-refractivity contribution is -0.122. The maximum atomic E-state index is 13.2. The third kappa shape index (κ3) is 3.87. The molecule has 25 heavy (non-hydrogen) atoms. The third-order valence-corrected chi connectivity index (χ3v) is 4.54. The zero-order valence-electron chi connectivity index (χ0n) is 14.3. The van der Waals surface area contributed by atoms with Gasteiger partial charge in [-0.05, 0) is 49.1 Å². The highest BCUT2D eigenvalue weighted by molar-refractivity contribution is 6.03. The molecule has 0 heterocycles. The number of carbonyl (C=O) groups excluding carboxylic acids is 2. The van der Waals surface area contributed by atoms with Crippen molar-refractivity contribution in [3.8, 4) is 0 Å². The van der Waals surface area contributed by atoms with E-state index >= 15 is 0 Å². The Hall–Kier alpha value is -2.69. The van der Waals surface area contributed by atoms with E-state index in [0.29, 0.717) is 12.1 Å². The SMILES string of the molecule is CCc1cccc(C)c1NC(=O)C1CC1C(=O)Nc1cccc(F)c1. The summed E-state index contributed by atoms with van der Waals surface area (Å²) in [5, 5.41) is 5.64. The summed E-state index contributed by atoms with van der Waals surface area (Å²) in [5.41, 5.74) is 3.33. The molecule has 2 unspecified atom stereocenters. The fraction of sp³-hybridized carbons (Fsp3) is 0.300. The van der Waals surface area contributed by atoms with E-state index in [4.69, 9.17) is 0 Å². The van der Waals surface area contributed by atoms with Gasteiger partial charge in [-0.2, -0.15) is 0 Å². The van der Waals surface area contributed by atoms with E-state index in [1.165, 1.54) is 18.2 Å². The Labute approximate surface area is 146 Å². The smallest absolute Gasteiger partial charge is 0.228 e. The highest BCUT2D eigenvalue weighted by Crippen LogP contribution is 2.40. The molecule has 0 radical (unpaired) electrons. The average Bonchev–Trinajstić information content (AvgIpc) is 3.37. The van der Waals surface area contributed by atoms with E-state index in [-0.39, 0.29) is 23.7 Å². The lowest BCUT2D eigenvalue weighted by Gasteiger charge is -2.13. The molecule has 1 aliphatic carbocycles. The van der Waals surface area contributed by atoms with Crippen molar-refractivity contribution in [2.45, 2.75) is 26.7 Å². The molecule has 1 fully saturated rings. The normalized spacial score (nSPS) is 18.5. The molecule has 1 aliphatic rings. The van der Waals surface area contributed by atoms with Crippen molar-refractivity contribution in [1.29, 1.82) is 0 Å². The number of hydrogen-bond acceptors (Lipinski definition) is 2. The van der Waals surface area contributed by atoms with Gasteiger partial charge in [0.05, 0.1) is 11.8 Å². The van der Waals surface area contributed by atoms with E-state index < -0.39 is 5.82 Å². The van der Waals surface area contributed by atoms with E-state index in [1.54, 1.807) is 6.07 Å². The van der Waals surface area contributed by atoms with Gasteiger partial charge in [-0.25, -0.2) is 4.39 Å². The van der Waals surface area contributed by atoms with Gasteiger partial charge in [0.15, 0.2) is 0 Å². The van der Waals surface area contributed by atoms with Crippen LogP contribution in [0.3, 0.4) is 0 Å². The Kier molecular flexibility index (Phi) is 4.83. The summed E-state index contributed by atoms with van der Waals surface area (Å²) in [6, 6.07) is 11.6. The first-order chi connectivity index (χ1) is 12.0. The molecule has 130 valence electrons. The molecule has 5 heteroatoms. The van der Waals surface area contributed by atoms with Gasteiger partial charge in [0.1, 0.15) is 5.82 Å². The van der Waals surface area contributed by atoms with Crippen LogP contribution < -0.4 is 10.6 Å². The molecule has 2 atom stereocenters. The van der Waals surface area contributed by atoms with Gasteiger partial charge in [0, 0.05) is 11.4 Å². The molecule has 2 aromatic carbocycles. The van der Waals surface area contributed by atoms with Crippen molar-refractivity contribution >= 4 is 23.2 Å². The molecule has 3 rings (SSSR count). The fourth-order valence-corrected chi connectivity index (χ4v) is 2.99. The standard InChI is InChI=1S/C20H21FN2O2/c1-3-13-7-4-6-12(2)18(13)23-20(25)17-11-16(17)19(24)22-15-9-5-8-14(21)10-15/h4-10,16-17H,3,11H2,1-2H3,(H,22,24)(H,23,25). The number of aryl methyl sites for hydroxylation is 2. The minimum Gasteiger partial charge on any atom is -0.326 e. The number of amides is 2. The summed E-state index contributed by atoms with van der Waals surface area (Å²) in [5.74, 6) is -1.49. The van der Waals surface area contributed by atoms with Crippen molar-refractivity contribution in [1.82, 2.24) is 0 Å². The zero-order valence-corrected chi connectivity index (χ0v) is 14.3. The second-order valence-electron chi connectivity index (χ2n) is 6.40. The number of benzene rings is 2. The molecule has 0 saturated heterocycles. The highest BCUT2D eigenvalue weighted by atomic mass is 19.1. The summed E-state index contributed by atoms with van der Waals surface area (Å²) >= 11 is 0.